The first-order valence-corrected chi connectivity index (χ1v) is 10.3. The number of hydrogen-bond donors (Lipinski definition) is 2. The van der Waals surface area contributed by atoms with Crippen LogP contribution < -0.4 is 20.3 Å². The van der Waals surface area contributed by atoms with Gasteiger partial charge in [0, 0.05) is 19.2 Å². The summed E-state index contributed by atoms with van der Waals surface area (Å²) in [4.78, 5) is 39.0. The third kappa shape index (κ3) is 7.94. The zero-order valence-electron chi connectivity index (χ0n) is 19.2. The van der Waals surface area contributed by atoms with Crippen molar-refractivity contribution in [3.8, 4) is 5.75 Å². The number of benzene rings is 2. The van der Waals surface area contributed by atoms with Gasteiger partial charge in [-0.05, 0) is 50.6 Å². The van der Waals surface area contributed by atoms with Crippen molar-refractivity contribution in [2.75, 3.05) is 25.6 Å². The van der Waals surface area contributed by atoms with E-state index in [-0.39, 0.29) is 12.5 Å². The summed E-state index contributed by atoms with van der Waals surface area (Å²) in [5, 5.41) is 5.14. The van der Waals surface area contributed by atoms with Gasteiger partial charge < -0.3 is 25.0 Å². The lowest BCUT2D eigenvalue weighted by molar-refractivity contribution is -0.126. The monoisotopic (exact) mass is 441 g/mol. The van der Waals surface area contributed by atoms with Crippen LogP contribution in [0.5, 0.6) is 5.75 Å². The summed E-state index contributed by atoms with van der Waals surface area (Å²) in [7, 11) is 3.22. The molecule has 2 N–H and O–H groups in total. The average molecular weight is 442 g/mol. The van der Waals surface area contributed by atoms with E-state index >= 15 is 0 Å². The van der Waals surface area contributed by atoms with Crippen molar-refractivity contribution >= 4 is 23.6 Å². The molecular formula is C24H31N3O5. The summed E-state index contributed by atoms with van der Waals surface area (Å²) in [6.45, 7) is 4.89. The lowest BCUT2D eigenvalue weighted by atomic mass is 10.0. The Morgan fingerprint density at radius 1 is 1.00 bits per heavy atom. The average Bonchev–Trinajstić information content (AvgIpc) is 2.76. The van der Waals surface area contributed by atoms with E-state index in [2.05, 4.69) is 10.6 Å². The smallest absolute Gasteiger partial charge is 0.408 e. The first-order chi connectivity index (χ1) is 15.1. The van der Waals surface area contributed by atoms with E-state index in [1.165, 1.54) is 4.90 Å². The lowest BCUT2D eigenvalue weighted by Gasteiger charge is -2.25. The van der Waals surface area contributed by atoms with Crippen LogP contribution in [0.3, 0.4) is 0 Å². The van der Waals surface area contributed by atoms with Gasteiger partial charge in [0.1, 0.15) is 23.9 Å². The maximum absolute atomic E-state index is 13.2. The number of alkyl carbamates (subject to hydrolysis) is 1. The Kier molecular flexibility index (Phi) is 8.63. The second-order valence-corrected chi connectivity index (χ2v) is 8.26. The molecule has 3 amide bonds. The number of nitrogens with one attached hydrogen (secondary N) is 2. The van der Waals surface area contributed by atoms with Gasteiger partial charge in [0.25, 0.3) is 0 Å². The number of methoxy groups -OCH3 is 1. The minimum Gasteiger partial charge on any atom is -0.497 e. The molecule has 172 valence electrons. The van der Waals surface area contributed by atoms with E-state index < -0.39 is 23.6 Å². The SMILES string of the molecule is COc1ccc(N(C)C(=O)C(Cc2ccccc2)NC(=O)CNC(=O)OC(C)(C)C)cc1. The maximum atomic E-state index is 13.2. The van der Waals surface area contributed by atoms with Crippen LogP contribution in [0.15, 0.2) is 54.6 Å². The second-order valence-electron chi connectivity index (χ2n) is 8.26. The predicted octanol–water partition coefficient (Wildman–Crippen LogP) is 2.91. The van der Waals surface area contributed by atoms with Crippen molar-refractivity contribution in [3.05, 3.63) is 60.2 Å². The van der Waals surface area contributed by atoms with E-state index in [1.54, 1.807) is 59.2 Å². The quantitative estimate of drug-likeness (QED) is 0.657. The summed E-state index contributed by atoms with van der Waals surface area (Å²) >= 11 is 0. The highest BCUT2D eigenvalue weighted by atomic mass is 16.6. The van der Waals surface area contributed by atoms with Gasteiger partial charge in [0.15, 0.2) is 0 Å². The van der Waals surface area contributed by atoms with Crippen molar-refractivity contribution in [3.63, 3.8) is 0 Å². The Morgan fingerprint density at radius 2 is 1.62 bits per heavy atom. The Hall–Kier alpha value is -3.55. The Labute approximate surface area is 188 Å². The van der Waals surface area contributed by atoms with Crippen LogP contribution in [0, 0.1) is 0 Å². The number of amides is 3. The summed E-state index contributed by atoms with van der Waals surface area (Å²) in [6, 6.07) is 15.6. The first-order valence-electron chi connectivity index (χ1n) is 10.3. The number of anilines is 1. The molecule has 0 fully saturated rings. The van der Waals surface area contributed by atoms with E-state index in [9.17, 15) is 14.4 Å². The third-order valence-corrected chi connectivity index (χ3v) is 4.50. The predicted molar refractivity (Wildman–Crippen MR) is 123 cm³/mol. The molecule has 2 aromatic rings. The molecule has 0 bridgehead atoms. The number of nitrogens with zero attached hydrogens (tertiary/aromatic N) is 1. The van der Waals surface area contributed by atoms with Gasteiger partial charge in [0.05, 0.1) is 7.11 Å². The third-order valence-electron chi connectivity index (χ3n) is 4.50. The van der Waals surface area contributed by atoms with Gasteiger partial charge in [-0.25, -0.2) is 4.79 Å². The fourth-order valence-electron chi connectivity index (χ4n) is 2.93. The molecule has 0 saturated carbocycles. The Balaban J connectivity index is 2.09. The van der Waals surface area contributed by atoms with Crippen molar-refractivity contribution < 1.29 is 23.9 Å². The van der Waals surface area contributed by atoms with Gasteiger partial charge in [0.2, 0.25) is 11.8 Å². The molecule has 0 aliphatic rings. The summed E-state index contributed by atoms with van der Waals surface area (Å²) in [6.07, 6.45) is -0.396. The van der Waals surface area contributed by atoms with Crippen LogP contribution in [-0.4, -0.2) is 50.3 Å². The molecular weight excluding hydrogens is 410 g/mol. The normalized spacial score (nSPS) is 11.8. The van der Waals surface area contributed by atoms with Crippen LogP contribution >= 0.6 is 0 Å². The summed E-state index contributed by atoms with van der Waals surface area (Å²) < 4.78 is 10.3. The van der Waals surface area contributed by atoms with Crippen molar-refractivity contribution in [2.24, 2.45) is 0 Å². The van der Waals surface area contributed by atoms with Crippen LogP contribution in [0.4, 0.5) is 10.5 Å². The molecule has 0 radical (unpaired) electrons. The van der Waals surface area contributed by atoms with Gasteiger partial charge in [-0.2, -0.15) is 0 Å². The number of hydrogen-bond acceptors (Lipinski definition) is 5. The minimum atomic E-state index is -0.822. The number of carbonyl (C=O) groups is 3. The molecule has 0 aliphatic heterocycles. The number of ether oxygens (including phenoxy) is 2. The molecule has 0 aromatic heterocycles. The summed E-state index contributed by atoms with van der Waals surface area (Å²) in [5.41, 5.74) is 0.886. The van der Waals surface area contributed by atoms with E-state index in [0.717, 1.165) is 5.56 Å². The molecule has 1 unspecified atom stereocenters. The molecule has 0 heterocycles. The number of carbonyl (C=O) groups excluding carboxylic acids is 3. The highest BCUT2D eigenvalue weighted by Crippen LogP contribution is 2.19. The Morgan fingerprint density at radius 3 is 2.19 bits per heavy atom. The molecule has 1 atom stereocenters. The fourth-order valence-corrected chi connectivity index (χ4v) is 2.93. The highest BCUT2D eigenvalue weighted by Gasteiger charge is 2.26. The van der Waals surface area contributed by atoms with Gasteiger partial charge in [-0.1, -0.05) is 30.3 Å². The largest absolute Gasteiger partial charge is 0.497 e. The molecule has 2 aromatic carbocycles. The first kappa shape index (κ1) is 24.7. The number of rotatable bonds is 8. The molecule has 0 aliphatic carbocycles. The lowest BCUT2D eigenvalue weighted by Crippen LogP contribution is -2.51. The van der Waals surface area contributed by atoms with E-state index in [1.807, 2.05) is 30.3 Å². The molecule has 32 heavy (non-hydrogen) atoms. The van der Waals surface area contributed by atoms with Crippen molar-refractivity contribution in [2.45, 2.75) is 38.8 Å². The van der Waals surface area contributed by atoms with Crippen LogP contribution in [-0.2, 0) is 20.7 Å². The molecule has 0 saturated heterocycles. The van der Waals surface area contributed by atoms with Crippen LogP contribution in [0.1, 0.15) is 26.3 Å². The summed E-state index contributed by atoms with van der Waals surface area (Å²) in [5.74, 6) is -0.102. The fraction of sp³-hybridized carbons (Fsp3) is 0.375. The minimum absolute atomic E-state index is 0.287. The van der Waals surface area contributed by atoms with Crippen molar-refractivity contribution in [1.82, 2.24) is 10.6 Å². The number of likely N-dealkylation sites (N-methyl/N-ethyl adjacent to an activating group) is 1. The topological polar surface area (TPSA) is 97.0 Å². The standard InChI is InChI=1S/C24H31N3O5/c1-24(2,3)32-23(30)25-16-21(28)26-20(15-17-9-7-6-8-10-17)22(29)27(4)18-11-13-19(31-5)14-12-18/h6-14,20H,15-16H2,1-5H3,(H,25,30)(H,26,28). The van der Waals surface area contributed by atoms with Crippen LogP contribution in [0.2, 0.25) is 0 Å². The van der Waals surface area contributed by atoms with E-state index in [4.69, 9.17) is 9.47 Å². The van der Waals surface area contributed by atoms with Crippen LogP contribution in [0.25, 0.3) is 0 Å². The van der Waals surface area contributed by atoms with E-state index in [0.29, 0.717) is 17.9 Å². The molecule has 8 heteroatoms. The highest BCUT2D eigenvalue weighted by molar-refractivity contribution is 5.99. The molecule has 0 spiro atoms. The zero-order valence-corrected chi connectivity index (χ0v) is 19.2. The maximum Gasteiger partial charge on any atom is 0.408 e. The second kappa shape index (κ2) is 11.2. The van der Waals surface area contributed by atoms with Crippen molar-refractivity contribution in [1.29, 1.82) is 0 Å². The molecule has 8 nitrogen and oxygen atoms in total. The van der Waals surface area contributed by atoms with Gasteiger partial charge >= 0.3 is 6.09 Å². The van der Waals surface area contributed by atoms with Gasteiger partial charge in [-0.3, -0.25) is 9.59 Å². The zero-order chi connectivity index (χ0) is 23.7. The Bertz CT molecular complexity index is 907. The molecule has 2 rings (SSSR count). The van der Waals surface area contributed by atoms with Gasteiger partial charge in [-0.15, -0.1) is 0 Å².